The Bertz CT molecular complexity index is 399. The van der Waals surface area contributed by atoms with Crippen LogP contribution in [0.5, 0.6) is 0 Å². The number of pyridine rings is 1. The quantitative estimate of drug-likeness (QED) is 0.861. The molecule has 1 aromatic heterocycles. The zero-order valence-corrected chi connectivity index (χ0v) is 10.0. The van der Waals surface area contributed by atoms with Crippen molar-refractivity contribution in [2.75, 3.05) is 11.1 Å². The van der Waals surface area contributed by atoms with Crippen LogP contribution in [0, 0.1) is 0 Å². The van der Waals surface area contributed by atoms with Crippen LogP contribution in [0.4, 0.5) is 24.5 Å². The van der Waals surface area contributed by atoms with Gasteiger partial charge in [-0.25, -0.2) is 4.98 Å². The minimum atomic E-state index is -4.46. The summed E-state index contributed by atoms with van der Waals surface area (Å²) in [6.45, 7) is 5.72. The van der Waals surface area contributed by atoms with Crippen LogP contribution in [0.25, 0.3) is 0 Å². The normalized spacial score (nSPS) is 12.6. The Balaban J connectivity index is 3.08. The number of nitrogens with zero attached hydrogens (tertiary/aromatic N) is 1. The molecule has 0 unspecified atom stereocenters. The van der Waals surface area contributed by atoms with Gasteiger partial charge in [-0.05, 0) is 26.3 Å². The number of nitrogens with two attached hydrogens (primary N) is 1. The summed E-state index contributed by atoms with van der Waals surface area (Å²) in [4.78, 5) is 3.28. The Morgan fingerprint density at radius 3 is 2.41 bits per heavy atom. The van der Waals surface area contributed by atoms with Gasteiger partial charge in [0.05, 0.1) is 17.6 Å². The second-order valence-corrected chi connectivity index (χ2v) is 4.52. The molecular weight excluding hydrogens is 231 g/mol. The maximum atomic E-state index is 12.5. The van der Waals surface area contributed by atoms with Crippen LogP contribution in [0.15, 0.2) is 12.3 Å². The molecule has 0 amide bonds. The van der Waals surface area contributed by atoms with E-state index in [9.17, 15) is 13.2 Å². The second kappa shape index (κ2) is 4.43. The molecule has 17 heavy (non-hydrogen) atoms. The van der Waals surface area contributed by atoms with Gasteiger partial charge in [0.15, 0.2) is 0 Å². The van der Waals surface area contributed by atoms with E-state index in [0.29, 0.717) is 0 Å². The van der Waals surface area contributed by atoms with Gasteiger partial charge >= 0.3 is 6.18 Å². The lowest BCUT2D eigenvalue weighted by Gasteiger charge is -2.27. The monoisotopic (exact) mass is 247 g/mol. The Kier molecular flexibility index (Phi) is 3.54. The van der Waals surface area contributed by atoms with Gasteiger partial charge in [0.1, 0.15) is 5.69 Å². The molecule has 1 rings (SSSR count). The molecule has 1 heterocycles. The first-order valence-electron chi connectivity index (χ1n) is 5.26. The summed E-state index contributed by atoms with van der Waals surface area (Å²) in [6, 6.07) is 0.937. The van der Waals surface area contributed by atoms with Gasteiger partial charge in [0.25, 0.3) is 0 Å². The molecule has 0 saturated heterocycles. The van der Waals surface area contributed by atoms with Crippen molar-refractivity contribution >= 4 is 11.4 Å². The van der Waals surface area contributed by atoms with Crippen molar-refractivity contribution < 1.29 is 13.2 Å². The molecule has 0 atom stereocenters. The predicted octanol–water partition coefficient (Wildman–Crippen LogP) is 3.28. The number of alkyl halides is 3. The fourth-order valence-corrected chi connectivity index (χ4v) is 1.18. The summed E-state index contributed by atoms with van der Waals surface area (Å²) in [5.74, 6) is 0. The van der Waals surface area contributed by atoms with Crippen molar-refractivity contribution in [2.45, 2.75) is 38.9 Å². The number of halogens is 3. The number of hydrogen-bond acceptors (Lipinski definition) is 3. The zero-order valence-electron chi connectivity index (χ0n) is 10.0. The Hall–Kier alpha value is -1.46. The molecule has 1 aromatic rings. The van der Waals surface area contributed by atoms with Crippen LogP contribution in [0.3, 0.4) is 0 Å². The minimum Gasteiger partial charge on any atom is -0.396 e. The van der Waals surface area contributed by atoms with Crippen molar-refractivity contribution in [1.82, 2.24) is 4.98 Å². The van der Waals surface area contributed by atoms with E-state index in [-0.39, 0.29) is 16.9 Å². The molecule has 0 aromatic carbocycles. The lowest BCUT2D eigenvalue weighted by Crippen LogP contribution is -2.30. The van der Waals surface area contributed by atoms with E-state index in [1.165, 1.54) is 0 Å². The second-order valence-electron chi connectivity index (χ2n) is 4.52. The third-order valence-electron chi connectivity index (χ3n) is 2.58. The first-order valence-corrected chi connectivity index (χ1v) is 5.26. The topological polar surface area (TPSA) is 50.9 Å². The highest BCUT2D eigenvalue weighted by Crippen LogP contribution is 2.32. The van der Waals surface area contributed by atoms with Gasteiger partial charge < -0.3 is 11.1 Å². The fourth-order valence-electron chi connectivity index (χ4n) is 1.18. The van der Waals surface area contributed by atoms with E-state index < -0.39 is 11.9 Å². The van der Waals surface area contributed by atoms with E-state index in [4.69, 9.17) is 5.73 Å². The maximum absolute atomic E-state index is 12.5. The van der Waals surface area contributed by atoms with E-state index in [1.807, 2.05) is 20.8 Å². The number of nitrogen functional groups attached to an aromatic ring is 1. The first kappa shape index (κ1) is 13.6. The summed E-state index contributed by atoms with van der Waals surface area (Å²) in [5, 5.41) is 2.98. The number of hydrogen-bond donors (Lipinski definition) is 2. The van der Waals surface area contributed by atoms with Crippen LogP contribution in [-0.4, -0.2) is 10.5 Å². The van der Waals surface area contributed by atoms with Gasteiger partial charge in [-0.2, -0.15) is 13.2 Å². The Morgan fingerprint density at radius 1 is 1.35 bits per heavy atom. The van der Waals surface area contributed by atoms with E-state index >= 15 is 0 Å². The SMILES string of the molecule is CCC(C)(C)Nc1cc(C(F)(F)F)ncc1N. The van der Waals surface area contributed by atoms with Gasteiger partial charge in [-0.1, -0.05) is 6.92 Å². The lowest BCUT2D eigenvalue weighted by atomic mass is 10.0. The van der Waals surface area contributed by atoms with Crippen LogP contribution in [0.2, 0.25) is 0 Å². The minimum absolute atomic E-state index is 0.208. The van der Waals surface area contributed by atoms with Crippen molar-refractivity contribution in [2.24, 2.45) is 0 Å². The summed E-state index contributed by atoms with van der Waals surface area (Å²) in [5.41, 5.74) is 4.81. The van der Waals surface area contributed by atoms with Crippen LogP contribution < -0.4 is 11.1 Å². The standard InChI is InChI=1S/C11H16F3N3/c1-4-10(2,3)17-8-5-9(11(12,13)14)16-6-7(8)15/h5-6H,4,15H2,1-3H3,(H,16,17). The van der Waals surface area contributed by atoms with Crippen molar-refractivity contribution in [3.05, 3.63) is 18.0 Å². The largest absolute Gasteiger partial charge is 0.433 e. The average Bonchev–Trinajstić information content (AvgIpc) is 2.19. The molecule has 0 spiro atoms. The van der Waals surface area contributed by atoms with Gasteiger partial charge in [0.2, 0.25) is 0 Å². The zero-order chi connectivity index (χ0) is 13.3. The number of nitrogens with one attached hydrogen (secondary N) is 1. The lowest BCUT2D eigenvalue weighted by molar-refractivity contribution is -0.141. The third-order valence-corrected chi connectivity index (χ3v) is 2.58. The number of aromatic nitrogens is 1. The molecular formula is C11H16F3N3. The van der Waals surface area contributed by atoms with Gasteiger partial charge in [0, 0.05) is 5.54 Å². The molecule has 0 fully saturated rings. The van der Waals surface area contributed by atoms with Crippen molar-refractivity contribution in [1.29, 1.82) is 0 Å². The molecule has 96 valence electrons. The fraction of sp³-hybridized carbons (Fsp3) is 0.545. The van der Waals surface area contributed by atoms with E-state index in [0.717, 1.165) is 18.7 Å². The predicted molar refractivity (Wildman–Crippen MR) is 61.6 cm³/mol. The average molecular weight is 247 g/mol. The maximum Gasteiger partial charge on any atom is 0.433 e. The molecule has 0 aliphatic rings. The molecule has 0 aliphatic carbocycles. The first-order chi connectivity index (χ1) is 7.65. The summed E-state index contributed by atoms with van der Waals surface area (Å²) in [7, 11) is 0. The Labute approximate surface area is 98.2 Å². The van der Waals surface area contributed by atoms with E-state index in [2.05, 4.69) is 10.3 Å². The van der Waals surface area contributed by atoms with E-state index in [1.54, 1.807) is 0 Å². The molecule has 0 bridgehead atoms. The van der Waals surface area contributed by atoms with Gasteiger partial charge in [-0.15, -0.1) is 0 Å². The molecule has 0 radical (unpaired) electrons. The molecule has 0 saturated carbocycles. The number of rotatable bonds is 3. The van der Waals surface area contributed by atoms with Crippen LogP contribution in [0.1, 0.15) is 32.9 Å². The highest BCUT2D eigenvalue weighted by atomic mass is 19.4. The smallest absolute Gasteiger partial charge is 0.396 e. The third kappa shape index (κ3) is 3.51. The number of anilines is 2. The van der Waals surface area contributed by atoms with Crippen LogP contribution in [-0.2, 0) is 6.18 Å². The molecule has 3 N–H and O–H groups in total. The van der Waals surface area contributed by atoms with Gasteiger partial charge in [-0.3, -0.25) is 0 Å². The summed E-state index contributed by atoms with van der Waals surface area (Å²) < 4.78 is 37.4. The highest BCUT2D eigenvalue weighted by molar-refractivity contribution is 5.66. The van der Waals surface area contributed by atoms with Crippen molar-refractivity contribution in [3.63, 3.8) is 0 Å². The Morgan fingerprint density at radius 2 is 1.94 bits per heavy atom. The molecule has 6 heteroatoms. The summed E-state index contributed by atoms with van der Waals surface area (Å²) >= 11 is 0. The molecule has 0 aliphatic heterocycles. The van der Waals surface area contributed by atoms with Crippen molar-refractivity contribution in [3.8, 4) is 0 Å². The highest BCUT2D eigenvalue weighted by Gasteiger charge is 2.33. The van der Waals surface area contributed by atoms with Crippen LogP contribution >= 0.6 is 0 Å². The summed E-state index contributed by atoms with van der Waals surface area (Å²) in [6.07, 6.45) is -2.67. The molecule has 3 nitrogen and oxygen atoms in total.